The van der Waals surface area contributed by atoms with Gasteiger partial charge in [-0.15, -0.1) is 5.10 Å². The van der Waals surface area contributed by atoms with Gasteiger partial charge in [-0.05, 0) is 38.1 Å². The van der Waals surface area contributed by atoms with Gasteiger partial charge < -0.3 is 9.64 Å². The molecule has 0 unspecified atom stereocenters. The van der Waals surface area contributed by atoms with Crippen LogP contribution in [0.25, 0.3) is 5.69 Å². The van der Waals surface area contributed by atoms with Gasteiger partial charge in [-0.3, -0.25) is 0 Å². The van der Waals surface area contributed by atoms with Crippen LogP contribution in [0.2, 0.25) is 0 Å². The first kappa shape index (κ1) is 15.1. The quantitative estimate of drug-likeness (QED) is 0.794. The molecule has 2 atom stereocenters. The average Bonchev–Trinajstić information content (AvgIpc) is 2.96. The Hall–Kier alpha value is -1.86. The fourth-order valence-corrected chi connectivity index (χ4v) is 2.83. The summed E-state index contributed by atoms with van der Waals surface area (Å²) < 4.78 is 20.3. The van der Waals surface area contributed by atoms with Gasteiger partial charge in [0.25, 0.3) is 0 Å². The molecule has 7 heteroatoms. The second kappa shape index (κ2) is 6.10. The minimum atomic E-state index is -0.282. The highest BCUT2D eigenvalue weighted by Gasteiger charge is 2.25. The van der Waals surface area contributed by atoms with Gasteiger partial charge in [-0.1, -0.05) is 17.4 Å². The lowest BCUT2D eigenvalue weighted by Gasteiger charge is -2.36. The molecule has 2 aromatic rings. The minimum Gasteiger partial charge on any atom is -0.372 e. The van der Waals surface area contributed by atoms with E-state index in [1.165, 1.54) is 12.1 Å². The summed E-state index contributed by atoms with van der Waals surface area (Å²) in [5.41, 5.74) is 1.38. The first-order chi connectivity index (χ1) is 10.5. The zero-order valence-corrected chi connectivity index (χ0v) is 13.3. The Kier molecular flexibility index (Phi) is 4.17. The molecule has 1 aliphatic heterocycles. The van der Waals surface area contributed by atoms with E-state index >= 15 is 0 Å². The van der Waals surface area contributed by atoms with E-state index < -0.39 is 0 Å². The third-order valence-corrected chi connectivity index (χ3v) is 3.98. The molecule has 0 aliphatic carbocycles. The molecule has 116 valence electrons. The van der Waals surface area contributed by atoms with Crippen LogP contribution in [0.15, 0.2) is 30.5 Å². The summed E-state index contributed by atoms with van der Waals surface area (Å²) in [6.45, 7) is 5.54. The van der Waals surface area contributed by atoms with Gasteiger partial charge >= 0.3 is 0 Å². The van der Waals surface area contributed by atoms with Crippen molar-refractivity contribution in [3.05, 3.63) is 42.0 Å². The lowest BCUT2D eigenvalue weighted by Crippen LogP contribution is -2.47. The molecule has 0 saturated carbocycles. The molecule has 0 radical (unpaired) electrons. The Labute approximate surface area is 133 Å². The zero-order chi connectivity index (χ0) is 15.7. The van der Waals surface area contributed by atoms with Crippen LogP contribution in [0.1, 0.15) is 19.5 Å². The van der Waals surface area contributed by atoms with E-state index in [1.807, 2.05) is 13.8 Å². The summed E-state index contributed by atoms with van der Waals surface area (Å²) in [6, 6.07) is 6.08. The van der Waals surface area contributed by atoms with E-state index in [0.29, 0.717) is 10.7 Å². The number of rotatable bonds is 2. The molecule has 2 heterocycles. The number of aromatic nitrogens is 3. The summed E-state index contributed by atoms with van der Waals surface area (Å²) in [4.78, 5) is 2.75. The van der Waals surface area contributed by atoms with Crippen molar-refractivity contribution in [3.8, 4) is 5.69 Å². The van der Waals surface area contributed by atoms with Gasteiger partial charge in [-0.25, -0.2) is 9.07 Å². The molecule has 5 nitrogen and oxygen atoms in total. The molecule has 1 aliphatic rings. The van der Waals surface area contributed by atoms with Gasteiger partial charge in [0, 0.05) is 13.1 Å². The Morgan fingerprint density at radius 3 is 2.50 bits per heavy atom. The van der Waals surface area contributed by atoms with Crippen LogP contribution in [-0.2, 0) is 4.74 Å². The number of halogens is 1. The smallest absolute Gasteiger partial charge is 0.140 e. The largest absolute Gasteiger partial charge is 0.372 e. The van der Waals surface area contributed by atoms with E-state index in [-0.39, 0.29) is 18.0 Å². The van der Waals surface area contributed by atoms with Crippen LogP contribution in [0.3, 0.4) is 0 Å². The first-order valence-electron chi connectivity index (χ1n) is 7.16. The second-order valence-corrected chi connectivity index (χ2v) is 5.88. The summed E-state index contributed by atoms with van der Waals surface area (Å²) in [7, 11) is 0. The van der Waals surface area contributed by atoms with Gasteiger partial charge in [0.15, 0.2) is 0 Å². The number of hydrogen-bond acceptors (Lipinski definition) is 4. The number of ether oxygens (including phenoxy) is 1. The molecule has 22 heavy (non-hydrogen) atoms. The first-order valence-corrected chi connectivity index (χ1v) is 7.57. The highest BCUT2D eigenvalue weighted by molar-refractivity contribution is 7.80. The topological polar surface area (TPSA) is 43.2 Å². The van der Waals surface area contributed by atoms with E-state index in [1.54, 1.807) is 23.0 Å². The molecule has 1 aromatic carbocycles. The van der Waals surface area contributed by atoms with Gasteiger partial charge in [0.2, 0.25) is 0 Å². The highest BCUT2D eigenvalue weighted by atomic mass is 32.1. The molecular formula is C15H17FN4OS. The number of hydrogen-bond donors (Lipinski definition) is 0. The SMILES string of the molecule is C[C@@H]1CN(C(=S)c2cn(-c3ccc(F)cc3)nn2)C[C@@H](C)O1. The van der Waals surface area contributed by atoms with Gasteiger partial charge in [-0.2, -0.15) is 0 Å². The minimum absolute atomic E-state index is 0.133. The van der Waals surface area contributed by atoms with E-state index in [4.69, 9.17) is 17.0 Å². The number of morpholine rings is 1. The third-order valence-electron chi connectivity index (χ3n) is 3.51. The van der Waals surface area contributed by atoms with Crippen LogP contribution in [-0.4, -0.2) is 50.2 Å². The van der Waals surface area contributed by atoms with Crippen LogP contribution in [0, 0.1) is 5.82 Å². The van der Waals surface area contributed by atoms with E-state index in [0.717, 1.165) is 18.8 Å². The van der Waals surface area contributed by atoms with E-state index in [2.05, 4.69) is 15.2 Å². The molecule has 1 fully saturated rings. The van der Waals surface area contributed by atoms with Crippen molar-refractivity contribution < 1.29 is 9.13 Å². The number of thiocarbonyl (C=S) groups is 1. The van der Waals surface area contributed by atoms with Crippen molar-refractivity contribution in [2.45, 2.75) is 26.1 Å². The summed E-state index contributed by atoms with van der Waals surface area (Å²) >= 11 is 5.52. The molecule has 0 spiro atoms. The molecule has 1 aromatic heterocycles. The Morgan fingerprint density at radius 1 is 1.23 bits per heavy atom. The van der Waals surface area contributed by atoms with Crippen molar-refractivity contribution in [3.63, 3.8) is 0 Å². The molecule has 0 amide bonds. The van der Waals surface area contributed by atoms with Crippen molar-refractivity contribution in [1.29, 1.82) is 0 Å². The van der Waals surface area contributed by atoms with Gasteiger partial charge in [0.05, 0.1) is 24.1 Å². The maximum absolute atomic E-state index is 13.0. The van der Waals surface area contributed by atoms with E-state index in [9.17, 15) is 4.39 Å². The Balaban J connectivity index is 1.78. The molecule has 3 rings (SSSR count). The third kappa shape index (κ3) is 3.15. The van der Waals surface area contributed by atoms with Crippen LogP contribution < -0.4 is 0 Å². The maximum atomic E-state index is 13.0. The number of nitrogens with zero attached hydrogens (tertiary/aromatic N) is 4. The zero-order valence-electron chi connectivity index (χ0n) is 12.4. The van der Waals surface area contributed by atoms with Crippen molar-refractivity contribution in [2.24, 2.45) is 0 Å². The van der Waals surface area contributed by atoms with Crippen LogP contribution in [0.5, 0.6) is 0 Å². The lowest BCUT2D eigenvalue weighted by atomic mass is 10.2. The monoisotopic (exact) mass is 320 g/mol. The van der Waals surface area contributed by atoms with Crippen molar-refractivity contribution >= 4 is 17.2 Å². The Bertz CT molecular complexity index is 662. The van der Waals surface area contributed by atoms with Crippen LogP contribution in [0.4, 0.5) is 4.39 Å². The van der Waals surface area contributed by atoms with Crippen molar-refractivity contribution in [1.82, 2.24) is 19.9 Å². The maximum Gasteiger partial charge on any atom is 0.140 e. The summed E-state index contributed by atoms with van der Waals surface area (Å²) in [5, 5.41) is 8.20. The predicted octanol–water partition coefficient (Wildman–Crippen LogP) is 2.19. The molecule has 0 N–H and O–H groups in total. The fourth-order valence-electron chi connectivity index (χ4n) is 2.59. The summed E-state index contributed by atoms with van der Waals surface area (Å²) in [5.74, 6) is -0.282. The second-order valence-electron chi connectivity index (χ2n) is 5.49. The molecule has 0 bridgehead atoms. The van der Waals surface area contributed by atoms with Crippen molar-refractivity contribution in [2.75, 3.05) is 13.1 Å². The van der Waals surface area contributed by atoms with Crippen LogP contribution >= 0.6 is 12.2 Å². The lowest BCUT2D eigenvalue weighted by molar-refractivity contribution is -0.0472. The normalized spacial score (nSPS) is 21.9. The fraction of sp³-hybridized carbons (Fsp3) is 0.400. The number of benzene rings is 1. The standard InChI is InChI=1S/C15H17FN4OS/c1-10-7-19(8-11(2)21-10)15(22)14-9-20(18-17-14)13-5-3-12(16)4-6-13/h3-6,9-11H,7-8H2,1-2H3/t10-,11-/m1/s1. The molecule has 1 saturated heterocycles. The summed E-state index contributed by atoms with van der Waals surface area (Å²) in [6.07, 6.45) is 2.03. The molecular weight excluding hydrogens is 303 g/mol. The average molecular weight is 320 g/mol. The predicted molar refractivity (Wildman–Crippen MR) is 84.6 cm³/mol. The van der Waals surface area contributed by atoms with Gasteiger partial charge in [0.1, 0.15) is 16.5 Å². The highest BCUT2D eigenvalue weighted by Crippen LogP contribution is 2.15. The Morgan fingerprint density at radius 2 is 1.86 bits per heavy atom.